The van der Waals surface area contributed by atoms with Crippen LogP contribution in [0.3, 0.4) is 0 Å². The van der Waals surface area contributed by atoms with Crippen LogP contribution in [-0.2, 0) is 6.42 Å². The first-order valence-electron chi connectivity index (χ1n) is 9.26. The molecule has 0 aliphatic carbocycles. The largest absolute Gasteiger partial charge is 0.335 e. The molecule has 0 bridgehead atoms. The highest BCUT2D eigenvalue weighted by Crippen LogP contribution is 2.22. The zero-order valence-electron chi connectivity index (χ0n) is 16.3. The minimum absolute atomic E-state index is 0.0268. The quantitative estimate of drug-likeness (QED) is 0.657. The van der Waals surface area contributed by atoms with E-state index in [1.807, 2.05) is 50.4 Å². The van der Waals surface area contributed by atoms with Gasteiger partial charge in [-0.15, -0.1) is 0 Å². The Labute approximate surface area is 160 Å². The van der Waals surface area contributed by atoms with Gasteiger partial charge in [-0.3, -0.25) is 4.79 Å². The first-order valence-corrected chi connectivity index (χ1v) is 9.26. The molecule has 0 saturated carbocycles. The molecule has 1 amide bonds. The van der Waals surface area contributed by atoms with Crippen LogP contribution in [0.5, 0.6) is 0 Å². The maximum atomic E-state index is 12.9. The molecule has 0 aliphatic rings. The summed E-state index contributed by atoms with van der Waals surface area (Å²) in [6.45, 7) is 6.43. The summed E-state index contributed by atoms with van der Waals surface area (Å²) in [5, 5.41) is 4.13. The van der Waals surface area contributed by atoms with Crippen LogP contribution >= 0.6 is 0 Å². The van der Waals surface area contributed by atoms with Gasteiger partial charge in [0.1, 0.15) is 12.7 Å². The second-order valence-electron chi connectivity index (χ2n) is 7.32. The van der Waals surface area contributed by atoms with Crippen LogP contribution in [-0.4, -0.2) is 32.6 Å². The fraction of sp³-hybridized carbons (Fsp3) is 0.318. The standard InChI is InChI=1S/C22H26N4O/c1-16(2)13-18-5-7-20(8-6-18)22(27)25(4)17(3)19-9-11-21(12-10-19)26-15-23-14-24-26/h5-12,14-17H,13H2,1-4H3/t17-/m1/s1. The number of benzene rings is 2. The summed E-state index contributed by atoms with van der Waals surface area (Å²) in [5.41, 5.74) is 4.00. The van der Waals surface area contributed by atoms with Crippen molar-refractivity contribution in [2.75, 3.05) is 7.05 Å². The predicted molar refractivity (Wildman–Crippen MR) is 107 cm³/mol. The van der Waals surface area contributed by atoms with Crippen LogP contribution in [0.25, 0.3) is 5.69 Å². The molecule has 0 radical (unpaired) electrons. The number of amides is 1. The highest BCUT2D eigenvalue weighted by Gasteiger charge is 2.19. The first kappa shape index (κ1) is 18.8. The van der Waals surface area contributed by atoms with E-state index >= 15 is 0 Å². The molecular weight excluding hydrogens is 336 g/mol. The minimum atomic E-state index is -0.0300. The Kier molecular flexibility index (Phi) is 5.69. The van der Waals surface area contributed by atoms with Crippen LogP contribution in [0, 0.1) is 5.92 Å². The average Bonchev–Trinajstić information content (AvgIpc) is 3.21. The van der Waals surface area contributed by atoms with Gasteiger partial charge < -0.3 is 4.90 Å². The number of hydrogen-bond acceptors (Lipinski definition) is 3. The van der Waals surface area contributed by atoms with Crippen molar-refractivity contribution in [3.8, 4) is 5.69 Å². The molecule has 5 heteroatoms. The van der Waals surface area contributed by atoms with E-state index in [1.165, 1.54) is 11.9 Å². The molecule has 3 rings (SSSR count). The van der Waals surface area contributed by atoms with Gasteiger partial charge in [0.05, 0.1) is 11.7 Å². The number of carbonyl (C=O) groups is 1. The van der Waals surface area contributed by atoms with Gasteiger partial charge in [0.25, 0.3) is 5.91 Å². The van der Waals surface area contributed by atoms with E-state index in [0.717, 1.165) is 23.2 Å². The van der Waals surface area contributed by atoms with E-state index in [1.54, 1.807) is 15.9 Å². The topological polar surface area (TPSA) is 51.0 Å². The lowest BCUT2D eigenvalue weighted by atomic mass is 10.0. The van der Waals surface area contributed by atoms with E-state index in [-0.39, 0.29) is 11.9 Å². The third-order valence-corrected chi connectivity index (χ3v) is 4.80. The second-order valence-corrected chi connectivity index (χ2v) is 7.32. The van der Waals surface area contributed by atoms with Crippen molar-refractivity contribution in [3.05, 3.63) is 77.9 Å². The minimum Gasteiger partial charge on any atom is -0.335 e. The van der Waals surface area contributed by atoms with Gasteiger partial charge in [0, 0.05) is 12.6 Å². The van der Waals surface area contributed by atoms with Crippen LogP contribution in [0.2, 0.25) is 0 Å². The van der Waals surface area contributed by atoms with Crippen molar-refractivity contribution in [2.24, 2.45) is 5.92 Å². The molecule has 0 N–H and O–H groups in total. The number of carbonyl (C=O) groups excluding carboxylic acids is 1. The molecule has 5 nitrogen and oxygen atoms in total. The van der Waals surface area contributed by atoms with Crippen LogP contribution < -0.4 is 0 Å². The normalized spacial score (nSPS) is 12.2. The Balaban J connectivity index is 1.70. The van der Waals surface area contributed by atoms with E-state index in [2.05, 4.69) is 36.1 Å². The number of nitrogens with zero attached hydrogens (tertiary/aromatic N) is 4. The summed E-state index contributed by atoms with van der Waals surface area (Å²) in [7, 11) is 1.85. The molecular formula is C22H26N4O. The summed E-state index contributed by atoms with van der Waals surface area (Å²) < 4.78 is 1.71. The molecule has 0 aliphatic heterocycles. The summed E-state index contributed by atoms with van der Waals surface area (Å²) >= 11 is 0. The summed E-state index contributed by atoms with van der Waals surface area (Å²) in [5.74, 6) is 0.633. The smallest absolute Gasteiger partial charge is 0.254 e. The highest BCUT2D eigenvalue weighted by molar-refractivity contribution is 5.94. The molecule has 0 fully saturated rings. The maximum absolute atomic E-state index is 12.9. The van der Waals surface area contributed by atoms with Crippen LogP contribution in [0.15, 0.2) is 61.2 Å². The summed E-state index contributed by atoms with van der Waals surface area (Å²) in [6.07, 6.45) is 4.20. The van der Waals surface area contributed by atoms with Crippen molar-refractivity contribution in [1.82, 2.24) is 19.7 Å². The Bertz CT molecular complexity index is 868. The molecule has 27 heavy (non-hydrogen) atoms. The Morgan fingerprint density at radius 1 is 1.04 bits per heavy atom. The van der Waals surface area contributed by atoms with Gasteiger partial charge >= 0.3 is 0 Å². The number of aromatic nitrogens is 3. The molecule has 140 valence electrons. The molecule has 2 aromatic carbocycles. The lowest BCUT2D eigenvalue weighted by Gasteiger charge is -2.25. The Hall–Kier alpha value is -2.95. The van der Waals surface area contributed by atoms with E-state index in [0.29, 0.717) is 5.92 Å². The predicted octanol–water partition coefficient (Wildman–Crippen LogP) is 4.30. The van der Waals surface area contributed by atoms with Gasteiger partial charge in [0.2, 0.25) is 0 Å². The van der Waals surface area contributed by atoms with Gasteiger partial charge in [-0.05, 0) is 54.7 Å². The first-order chi connectivity index (χ1) is 13.0. The fourth-order valence-electron chi connectivity index (χ4n) is 3.11. The molecule has 1 heterocycles. The average molecular weight is 362 g/mol. The van der Waals surface area contributed by atoms with Crippen LogP contribution in [0.1, 0.15) is 48.3 Å². The highest BCUT2D eigenvalue weighted by atomic mass is 16.2. The number of hydrogen-bond donors (Lipinski definition) is 0. The SMILES string of the molecule is CC(C)Cc1ccc(C(=O)N(C)[C@H](C)c2ccc(-n3cncn3)cc2)cc1. The van der Waals surface area contributed by atoms with E-state index < -0.39 is 0 Å². The van der Waals surface area contributed by atoms with Crippen molar-refractivity contribution >= 4 is 5.91 Å². The maximum Gasteiger partial charge on any atom is 0.254 e. The second kappa shape index (κ2) is 8.16. The van der Waals surface area contributed by atoms with E-state index in [9.17, 15) is 4.79 Å². The molecule has 1 atom stereocenters. The van der Waals surface area contributed by atoms with Crippen molar-refractivity contribution in [3.63, 3.8) is 0 Å². The van der Waals surface area contributed by atoms with E-state index in [4.69, 9.17) is 0 Å². The summed E-state index contributed by atoms with van der Waals surface area (Å²) in [4.78, 5) is 18.6. The van der Waals surface area contributed by atoms with Crippen LogP contribution in [0.4, 0.5) is 0 Å². The molecule has 1 aromatic heterocycles. The lowest BCUT2D eigenvalue weighted by Crippen LogP contribution is -2.29. The Morgan fingerprint density at radius 2 is 1.70 bits per heavy atom. The summed E-state index contributed by atoms with van der Waals surface area (Å²) in [6, 6.07) is 16.0. The van der Waals surface area contributed by atoms with Crippen molar-refractivity contribution in [1.29, 1.82) is 0 Å². The third kappa shape index (κ3) is 4.42. The van der Waals surface area contributed by atoms with Gasteiger partial charge in [0.15, 0.2) is 0 Å². The van der Waals surface area contributed by atoms with Gasteiger partial charge in [-0.2, -0.15) is 5.10 Å². The third-order valence-electron chi connectivity index (χ3n) is 4.80. The monoisotopic (exact) mass is 362 g/mol. The fourth-order valence-corrected chi connectivity index (χ4v) is 3.11. The van der Waals surface area contributed by atoms with Gasteiger partial charge in [-0.25, -0.2) is 9.67 Å². The molecule has 0 spiro atoms. The molecule has 3 aromatic rings. The van der Waals surface area contributed by atoms with Crippen molar-refractivity contribution < 1.29 is 4.79 Å². The zero-order valence-corrected chi connectivity index (χ0v) is 16.3. The molecule has 0 saturated heterocycles. The number of rotatable bonds is 6. The van der Waals surface area contributed by atoms with Crippen molar-refractivity contribution in [2.45, 2.75) is 33.2 Å². The zero-order chi connectivity index (χ0) is 19.4. The lowest BCUT2D eigenvalue weighted by molar-refractivity contribution is 0.0742. The molecule has 0 unspecified atom stereocenters. The van der Waals surface area contributed by atoms with Gasteiger partial charge in [-0.1, -0.05) is 38.1 Å². The Morgan fingerprint density at radius 3 is 2.26 bits per heavy atom.